The maximum Gasteiger partial charge on any atom is 0.416 e. The van der Waals surface area contributed by atoms with E-state index < -0.39 is 17.9 Å². The van der Waals surface area contributed by atoms with Crippen LogP contribution in [-0.2, 0) is 19.0 Å². The molecule has 0 saturated carbocycles. The molecule has 34 heavy (non-hydrogen) atoms. The molecule has 180 valence electrons. The van der Waals surface area contributed by atoms with Crippen LogP contribution in [0.2, 0.25) is 0 Å². The maximum atomic E-state index is 13.1. The average Bonchev–Trinajstić information content (AvgIpc) is 3.43. The SMILES string of the molecule is CCC(C)(C)[C@H]1CCc2c(sc3c2C(=O)N[C@@H](c2ccc(-c4cccc(C(F)(F)F)c4)o2)N3)C1. The molecule has 5 rings (SSSR count). The Morgan fingerprint density at radius 2 is 1.94 bits per heavy atom. The third-order valence-corrected chi connectivity index (χ3v) is 8.63. The highest BCUT2D eigenvalue weighted by molar-refractivity contribution is 7.16. The van der Waals surface area contributed by atoms with Crippen LogP contribution in [0.3, 0.4) is 0 Å². The van der Waals surface area contributed by atoms with E-state index >= 15 is 0 Å². The monoisotopic (exact) mass is 488 g/mol. The minimum Gasteiger partial charge on any atom is -0.457 e. The van der Waals surface area contributed by atoms with Gasteiger partial charge in [-0.1, -0.05) is 39.3 Å². The number of carbonyl (C=O) groups is 1. The fraction of sp³-hybridized carbons (Fsp3) is 0.423. The van der Waals surface area contributed by atoms with Crippen molar-refractivity contribution >= 4 is 22.2 Å². The van der Waals surface area contributed by atoms with Crippen molar-refractivity contribution in [1.82, 2.24) is 5.32 Å². The van der Waals surface area contributed by atoms with Crippen molar-refractivity contribution < 1.29 is 22.4 Å². The number of alkyl halides is 3. The first-order chi connectivity index (χ1) is 16.1. The van der Waals surface area contributed by atoms with Crippen molar-refractivity contribution in [1.29, 1.82) is 0 Å². The minimum absolute atomic E-state index is 0.138. The van der Waals surface area contributed by atoms with Crippen molar-refractivity contribution in [2.24, 2.45) is 11.3 Å². The van der Waals surface area contributed by atoms with Crippen molar-refractivity contribution in [3.8, 4) is 11.3 Å². The van der Waals surface area contributed by atoms with Gasteiger partial charge in [0.1, 0.15) is 16.5 Å². The van der Waals surface area contributed by atoms with Crippen LogP contribution in [0.4, 0.5) is 18.2 Å². The molecule has 0 fully saturated rings. The summed E-state index contributed by atoms with van der Waals surface area (Å²) in [4.78, 5) is 14.3. The van der Waals surface area contributed by atoms with Gasteiger partial charge in [-0.15, -0.1) is 11.3 Å². The van der Waals surface area contributed by atoms with Crippen molar-refractivity contribution in [3.05, 3.63) is 63.7 Å². The van der Waals surface area contributed by atoms with Crippen LogP contribution < -0.4 is 10.6 Å². The summed E-state index contributed by atoms with van der Waals surface area (Å²) in [5.74, 6) is 1.21. The zero-order valence-electron chi connectivity index (χ0n) is 19.3. The summed E-state index contributed by atoms with van der Waals surface area (Å²) in [6, 6.07) is 8.34. The number of nitrogens with one attached hydrogen (secondary N) is 2. The van der Waals surface area contributed by atoms with E-state index in [9.17, 15) is 18.0 Å². The zero-order valence-corrected chi connectivity index (χ0v) is 20.1. The van der Waals surface area contributed by atoms with Gasteiger partial charge in [0.2, 0.25) is 0 Å². The molecule has 0 spiro atoms. The van der Waals surface area contributed by atoms with Crippen LogP contribution >= 0.6 is 11.3 Å². The van der Waals surface area contributed by atoms with Gasteiger partial charge in [0, 0.05) is 10.4 Å². The van der Waals surface area contributed by atoms with Crippen LogP contribution in [0, 0.1) is 11.3 Å². The molecule has 0 unspecified atom stereocenters. The number of thiophene rings is 1. The molecular formula is C26H27F3N2O2S. The van der Waals surface area contributed by atoms with E-state index in [1.54, 1.807) is 29.5 Å². The van der Waals surface area contributed by atoms with Crippen LogP contribution in [-0.4, -0.2) is 5.91 Å². The van der Waals surface area contributed by atoms with E-state index in [1.807, 2.05) is 0 Å². The first-order valence-electron chi connectivity index (χ1n) is 11.6. The number of amides is 1. The second-order valence-electron chi connectivity index (χ2n) is 9.82. The first-order valence-corrected chi connectivity index (χ1v) is 12.4. The molecule has 0 bridgehead atoms. The Labute approximate surface area is 200 Å². The Kier molecular flexibility index (Phi) is 5.54. The smallest absolute Gasteiger partial charge is 0.416 e. The van der Waals surface area contributed by atoms with E-state index in [0.29, 0.717) is 23.0 Å². The summed E-state index contributed by atoms with van der Waals surface area (Å²) >= 11 is 1.64. The largest absolute Gasteiger partial charge is 0.457 e. The normalized spacial score (nSPS) is 20.4. The Morgan fingerprint density at radius 3 is 2.68 bits per heavy atom. The zero-order chi connectivity index (χ0) is 24.3. The lowest BCUT2D eigenvalue weighted by atomic mass is 9.69. The van der Waals surface area contributed by atoms with Gasteiger partial charge in [0.05, 0.1) is 11.1 Å². The topological polar surface area (TPSA) is 54.3 Å². The number of halogens is 3. The van der Waals surface area contributed by atoms with Gasteiger partial charge in [-0.3, -0.25) is 4.79 Å². The predicted octanol–water partition coefficient (Wildman–Crippen LogP) is 7.42. The van der Waals surface area contributed by atoms with Gasteiger partial charge in [0.15, 0.2) is 6.17 Å². The van der Waals surface area contributed by atoms with Crippen LogP contribution in [0.1, 0.15) is 71.9 Å². The van der Waals surface area contributed by atoms with Gasteiger partial charge in [-0.2, -0.15) is 13.2 Å². The number of hydrogen-bond donors (Lipinski definition) is 2. The van der Waals surface area contributed by atoms with E-state index in [2.05, 4.69) is 31.4 Å². The fourth-order valence-electron chi connectivity index (χ4n) is 4.91. The van der Waals surface area contributed by atoms with Crippen molar-refractivity contribution in [2.45, 2.75) is 58.8 Å². The van der Waals surface area contributed by atoms with E-state index in [0.717, 1.165) is 53.9 Å². The summed E-state index contributed by atoms with van der Waals surface area (Å²) in [5.41, 5.74) is 1.74. The summed E-state index contributed by atoms with van der Waals surface area (Å²) < 4.78 is 45.1. The van der Waals surface area contributed by atoms with Gasteiger partial charge in [-0.05, 0) is 60.4 Å². The molecule has 0 saturated heterocycles. The molecule has 2 aromatic heterocycles. The molecule has 1 aromatic carbocycles. The number of fused-ring (bicyclic) bond motifs is 3. The Balaban J connectivity index is 1.39. The fourth-order valence-corrected chi connectivity index (χ4v) is 6.26. The van der Waals surface area contributed by atoms with E-state index in [4.69, 9.17) is 4.42 Å². The summed E-state index contributed by atoms with van der Waals surface area (Å²) in [6.07, 6.45) is -0.937. The third-order valence-electron chi connectivity index (χ3n) is 7.45. The molecule has 2 aliphatic rings. The summed E-state index contributed by atoms with van der Waals surface area (Å²) in [6.45, 7) is 6.86. The molecule has 8 heteroatoms. The van der Waals surface area contributed by atoms with E-state index in [1.165, 1.54) is 10.9 Å². The molecule has 1 aliphatic carbocycles. The Bertz CT molecular complexity index is 1240. The second kappa shape index (κ2) is 8.18. The van der Waals surface area contributed by atoms with E-state index in [-0.39, 0.29) is 11.3 Å². The van der Waals surface area contributed by atoms with Gasteiger partial charge < -0.3 is 15.1 Å². The standard InChI is InChI=1S/C26H27F3N2O2S/c1-4-25(2,3)15-8-9-17-20(13-15)34-24-21(17)23(32)30-22(31-24)19-11-10-18(33-19)14-6-5-7-16(12-14)26(27,28)29/h5-7,10-12,15,22,31H,4,8-9,13H2,1-3H3,(H,30,32)/t15-,22+/m0/s1. The Hall–Kier alpha value is -2.74. The van der Waals surface area contributed by atoms with Gasteiger partial charge in [0.25, 0.3) is 5.91 Å². The number of carbonyl (C=O) groups excluding carboxylic acids is 1. The lowest BCUT2D eigenvalue weighted by Gasteiger charge is -2.36. The third kappa shape index (κ3) is 4.02. The number of furan rings is 1. The highest BCUT2D eigenvalue weighted by Crippen LogP contribution is 2.47. The summed E-state index contributed by atoms with van der Waals surface area (Å²) in [7, 11) is 0. The molecule has 1 aliphatic heterocycles. The Morgan fingerprint density at radius 1 is 1.15 bits per heavy atom. The van der Waals surface area contributed by atoms with Crippen LogP contribution in [0.5, 0.6) is 0 Å². The number of benzene rings is 1. The molecule has 2 N–H and O–H groups in total. The number of hydrogen-bond acceptors (Lipinski definition) is 4. The maximum absolute atomic E-state index is 13.1. The molecule has 3 heterocycles. The molecule has 4 nitrogen and oxygen atoms in total. The molecule has 0 radical (unpaired) electrons. The molecule has 2 atom stereocenters. The summed E-state index contributed by atoms with van der Waals surface area (Å²) in [5, 5.41) is 7.18. The second-order valence-corrected chi connectivity index (χ2v) is 10.9. The van der Waals surface area contributed by atoms with Crippen LogP contribution in [0.15, 0.2) is 40.8 Å². The lowest BCUT2D eigenvalue weighted by Crippen LogP contribution is -2.38. The predicted molar refractivity (Wildman–Crippen MR) is 127 cm³/mol. The lowest BCUT2D eigenvalue weighted by molar-refractivity contribution is -0.137. The minimum atomic E-state index is -4.43. The molecule has 1 amide bonds. The highest BCUT2D eigenvalue weighted by atomic mass is 32.1. The number of anilines is 1. The average molecular weight is 489 g/mol. The van der Waals surface area contributed by atoms with Crippen molar-refractivity contribution in [2.75, 3.05) is 5.32 Å². The number of rotatable bonds is 4. The van der Waals surface area contributed by atoms with Gasteiger partial charge in [-0.25, -0.2) is 0 Å². The van der Waals surface area contributed by atoms with Crippen molar-refractivity contribution in [3.63, 3.8) is 0 Å². The first kappa shape index (κ1) is 23.0. The molecular weight excluding hydrogens is 461 g/mol. The van der Waals surface area contributed by atoms with Gasteiger partial charge >= 0.3 is 6.18 Å². The molecule has 3 aromatic rings. The van der Waals surface area contributed by atoms with Crippen LogP contribution in [0.25, 0.3) is 11.3 Å². The quantitative estimate of drug-likeness (QED) is 0.402. The highest BCUT2D eigenvalue weighted by Gasteiger charge is 2.38.